The molecule has 0 aliphatic heterocycles. The number of hydrogen-bond acceptors (Lipinski definition) is 8. The number of fused-ring (bicyclic) bond motifs is 1. The average molecular weight is 544 g/mol. The van der Waals surface area contributed by atoms with Crippen LogP contribution in [0.5, 0.6) is 0 Å². The van der Waals surface area contributed by atoms with Crippen LogP contribution in [0.4, 0.5) is 0 Å². The number of carbonyl (C=O) groups excluding carboxylic acids is 1. The Morgan fingerprint density at radius 2 is 1.90 bits per heavy atom. The Hall–Kier alpha value is -2.98. The summed E-state index contributed by atoms with van der Waals surface area (Å²) in [6.45, 7) is 12.9. The van der Waals surface area contributed by atoms with E-state index in [0.717, 1.165) is 56.2 Å². The molecule has 2 aromatic rings. The summed E-state index contributed by atoms with van der Waals surface area (Å²) < 4.78 is 7.27. The van der Waals surface area contributed by atoms with Crippen LogP contribution >= 0.6 is 0 Å². The highest BCUT2D eigenvalue weighted by Crippen LogP contribution is 2.40. The molecule has 0 saturated heterocycles. The van der Waals surface area contributed by atoms with Crippen molar-refractivity contribution in [1.82, 2.24) is 25.0 Å². The van der Waals surface area contributed by atoms with Crippen LogP contribution in [0.15, 0.2) is 35.5 Å². The Balaban J connectivity index is 1.29. The van der Waals surface area contributed by atoms with Gasteiger partial charge in [-0.2, -0.15) is 0 Å². The quantitative estimate of drug-likeness (QED) is 0.106. The molecule has 3 atom stereocenters. The summed E-state index contributed by atoms with van der Waals surface area (Å²) in [5.41, 5.74) is 5.00. The molecule has 2 aromatic heterocycles. The number of aryl methyl sites for hydroxylation is 1. The molecule has 0 aromatic carbocycles. The van der Waals surface area contributed by atoms with Crippen molar-refractivity contribution in [2.75, 3.05) is 13.2 Å². The predicted octanol–water partition coefficient (Wildman–Crippen LogP) is 4.80. The number of rotatable bonds is 18. The van der Waals surface area contributed by atoms with Crippen molar-refractivity contribution in [3.63, 3.8) is 0 Å². The fourth-order valence-corrected chi connectivity index (χ4v) is 5.01. The van der Waals surface area contributed by atoms with Crippen LogP contribution in [0.1, 0.15) is 95.8 Å². The number of carbonyl (C=O) groups is 1. The van der Waals surface area contributed by atoms with E-state index in [0.29, 0.717) is 30.9 Å². The molecule has 1 fully saturated rings. The first kappa shape index (κ1) is 30.6. The van der Waals surface area contributed by atoms with Crippen LogP contribution < -0.4 is 11.0 Å². The van der Waals surface area contributed by atoms with E-state index in [1.165, 1.54) is 19.3 Å². The van der Waals surface area contributed by atoms with E-state index in [2.05, 4.69) is 40.5 Å². The summed E-state index contributed by atoms with van der Waals surface area (Å²) in [5, 5.41) is 10.7. The molecule has 0 bridgehead atoms. The van der Waals surface area contributed by atoms with Crippen LogP contribution in [0.25, 0.3) is 11.2 Å². The summed E-state index contributed by atoms with van der Waals surface area (Å²) in [6.07, 6.45) is 12.1. The first-order chi connectivity index (χ1) is 18.8. The van der Waals surface area contributed by atoms with Crippen LogP contribution in [0.2, 0.25) is 0 Å². The second kappa shape index (κ2) is 15.6. The second-order valence-corrected chi connectivity index (χ2v) is 10.5. The van der Waals surface area contributed by atoms with Gasteiger partial charge >= 0.3 is 5.97 Å². The number of unbranched alkanes of at least 4 members (excludes halogenated alkanes) is 7. The summed E-state index contributed by atoms with van der Waals surface area (Å²) in [5.74, 6) is -0.144. The number of H-pyrrole nitrogens is 1. The van der Waals surface area contributed by atoms with Crippen molar-refractivity contribution in [1.29, 1.82) is 0 Å². The maximum atomic E-state index is 12.3. The van der Waals surface area contributed by atoms with Gasteiger partial charge in [0.1, 0.15) is 12.4 Å². The van der Waals surface area contributed by atoms with E-state index in [1.54, 1.807) is 17.8 Å². The highest BCUT2D eigenvalue weighted by Gasteiger charge is 2.39. The molecule has 1 aliphatic rings. The average Bonchev–Trinajstić information content (AvgIpc) is 3.44. The van der Waals surface area contributed by atoms with Gasteiger partial charge in [-0.1, -0.05) is 58.6 Å². The number of hydroxylamine groups is 1. The lowest BCUT2D eigenvalue weighted by atomic mass is 10.0. The molecule has 3 N–H and O–H groups in total. The third-order valence-corrected chi connectivity index (χ3v) is 7.32. The summed E-state index contributed by atoms with van der Waals surface area (Å²) >= 11 is 0. The number of ether oxygens (including phenoxy) is 1. The minimum atomic E-state index is -0.702. The van der Waals surface area contributed by atoms with Gasteiger partial charge in [-0.05, 0) is 44.6 Å². The van der Waals surface area contributed by atoms with E-state index < -0.39 is 6.10 Å². The molecule has 1 aliphatic carbocycles. The number of nitrogens with one attached hydrogen (secondary N) is 2. The third-order valence-electron chi connectivity index (χ3n) is 7.32. The highest BCUT2D eigenvalue weighted by atomic mass is 16.6. The van der Waals surface area contributed by atoms with Gasteiger partial charge in [0.2, 0.25) is 0 Å². The number of aliphatic hydroxyl groups excluding tert-OH is 1. The van der Waals surface area contributed by atoms with Crippen molar-refractivity contribution in [3.8, 4) is 0 Å². The highest BCUT2D eigenvalue weighted by molar-refractivity contribution is 5.70. The zero-order chi connectivity index (χ0) is 28.2. The fourth-order valence-electron chi connectivity index (χ4n) is 5.01. The zero-order valence-electron chi connectivity index (χ0n) is 23.5. The van der Waals surface area contributed by atoms with Gasteiger partial charge in [0.15, 0.2) is 11.2 Å². The van der Waals surface area contributed by atoms with Crippen molar-refractivity contribution in [2.45, 2.75) is 103 Å². The van der Waals surface area contributed by atoms with Crippen LogP contribution in [0, 0.1) is 12.8 Å². The summed E-state index contributed by atoms with van der Waals surface area (Å²) in [6, 6.07) is -0.272. The Morgan fingerprint density at radius 1 is 1.18 bits per heavy atom. The van der Waals surface area contributed by atoms with Crippen LogP contribution in [0.3, 0.4) is 0 Å². The monoisotopic (exact) mass is 543 g/mol. The molecule has 39 heavy (non-hydrogen) atoms. The topological polar surface area (TPSA) is 131 Å². The van der Waals surface area contributed by atoms with E-state index in [1.807, 2.05) is 0 Å². The van der Waals surface area contributed by atoms with E-state index in [-0.39, 0.29) is 35.6 Å². The third kappa shape index (κ3) is 9.03. The molecular formula is C29H45N5O5. The summed E-state index contributed by atoms with van der Waals surface area (Å²) in [7, 11) is 0. The van der Waals surface area contributed by atoms with E-state index >= 15 is 0 Å². The van der Waals surface area contributed by atoms with E-state index in [4.69, 9.17) is 9.57 Å². The van der Waals surface area contributed by atoms with E-state index in [9.17, 15) is 14.7 Å². The lowest BCUT2D eigenvalue weighted by Gasteiger charge is -2.17. The lowest BCUT2D eigenvalue weighted by Crippen LogP contribution is -2.22. The minimum absolute atomic E-state index is 0.0881. The number of hydrogen-bond donors (Lipinski definition) is 3. The SMILES string of the molecule is C=C(CCCCCCCC(=O)OC[C@H]1C(=C)[C@@H](n2cnc3c(=O)[nH]c(C)nc32)C[C@@H]1O)NOCCCCCC. The van der Waals surface area contributed by atoms with Gasteiger partial charge < -0.3 is 19.4 Å². The number of aromatic nitrogens is 4. The smallest absolute Gasteiger partial charge is 0.305 e. The van der Waals surface area contributed by atoms with Gasteiger partial charge in [0.05, 0.1) is 25.1 Å². The number of esters is 1. The zero-order valence-corrected chi connectivity index (χ0v) is 23.5. The van der Waals surface area contributed by atoms with Crippen molar-refractivity contribution in [3.05, 3.63) is 46.9 Å². The molecule has 2 heterocycles. The van der Waals surface area contributed by atoms with Crippen LogP contribution in [-0.4, -0.2) is 49.9 Å². The molecule has 1 saturated carbocycles. The predicted molar refractivity (Wildman–Crippen MR) is 151 cm³/mol. The number of imidazole rings is 1. The molecule has 10 nitrogen and oxygen atoms in total. The van der Waals surface area contributed by atoms with Gasteiger partial charge in [-0.25, -0.2) is 9.97 Å². The first-order valence-electron chi connectivity index (χ1n) is 14.3. The van der Waals surface area contributed by atoms with Crippen LogP contribution in [-0.2, 0) is 14.4 Å². The maximum absolute atomic E-state index is 12.3. The van der Waals surface area contributed by atoms with Crippen molar-refractivity contribution in [2.24, 2.45) is 5.92 Å². The maximum Gasteiger partial charge on any atom is 0.305 e. The van der Waals surface area contributed by atoms with Gasteiger partial charge in [-0.15, -0.1) is 0 Å². The fraction of sp³-hybridized carbons (Fsp3) is 0.655. The Kier molecular flexibility index (Phi) is 12.2. The van der Waals surface area contributed by atoms with Gasteiger partial charge in [0.25, 0.3) is 5.56 Å². The molecule has 10 heteroatoms. The van der Waals surface area contributed by atoms with Gasteiger partial charge in [0, 0.05) is 18.0 Å². The second-order valence-electron chi connectivity index (χ2n) is 10.5. The Morgan fingerprint density at radius 3 is 2.67 bits per heavy atom. The first-order valence-corrected chi connectivity index (χ1v) is 14.3. The molecule has 0 spiro atoms. The normalized spacial score (nSPS) is 19.1. The van der Waals surface area contributed by atoms with Crippen molar-refractivity contribution < 1.29 is 19.5 Å². The Labute approximate surface area is 230 Å². The van der Waals surface area contributed by atoms with Gasteiger partial charge in [-0.3, -0.25) is 19.9 Å². The largest absolute Gasteiger partial charge is 0.465 e. The Bertz CT molecular complexity index is 1160. The number of aliphatic hydroxyl groups is 1. The van der Waals surface area contributed by atoms with Crippen molar-refractivity contribution >= 4 is 17.1 Å². The molecule has 0 amide bonds. The standard InChI is InChI=1S/C29H45N5O5/c1-5-6-7-13-16-39-33-20(2)14-11-9-8-10-12-15-26(36)38-18-23-21(3)24(17-25(23)35)34-19-30-27-28(34)31-22(4)32-29(27)37/h19,23-25,33,35H,2-3,5-18H2,1,4H3,(H,31,32,37)/t23-,24-,25-/m0/s1. The number of nitrogens with zero attached hydrogens (tertiary/aromatic N) is 3. The molecular weight excluding hydrogens is 498 g/mol. The number of aromatic amines is 1. The molecule has 0 unspecified atom stereocenters. The minimum Gasteiger partial charge on any atom is -0.465 e. The molecule has 3 rings (SSSR count). The lowest BCUT2D eigenvalue weighted by molar-refractivity contribution is -0.145. The molecule has 0 radical (unpaired) electrons. The number of allylic oxidation sites excluding steroid dienone is 1. The molecule has 216 valence electrons. The summed E-state index contributed by atoms with van der Waals surface area (Å²) in [4.78, 5) is 41.2.